The smallest absolute Gasteiger partial charge is 0.160 e. The predicted molar refractivity (Wildman–Crippen MR) is 230 cm³/mol. The first kappa shape index (κ1) is 31.9. The number of fused-ring (bicyclic) bond motifs is 6. The number of benzene rings is 7. The van der Waals surface area contributed by atoms with E-state index in [1.165, 1.54) is 27.4 Å². The molecule has 0 bridgehead atoms. The summed E-state index contributed by atoms with van der Waals surface area (Å²) in [7, 11) is 0. The van der Waals surface area contributed by atoms with Crippen LogP contribution in [-0.4, -0.2) is 24.1 Å². The van der Waals surface area contributed by atoms with Crippen molar-refractivity contribution < 1.29 is 0 Å². The lowest BCUT2D eigenvalue weighted by molar-refractivity contribution is 1.13. The number of pyridine rings is 1. The summed E-state index contributed by atoms with van der Waals surface area (Å²) in [4.78, 5) is 15.0. The van der Waals surface area contributed by atoms with Crippen LogP contribution < -0.4 is 0 Å². The third-order valence-electron chi connectivity index (χ3n) is 10.8. The zero-order valence-corrected chi connectivity index (χ0v) is 30.3. The normalized spacial score (nSPS) is 11.6. The van der Waals surface area contributed by atoms with Gasteiger partial charge in [-0.05, 0) is 71.8 Å². The van der Waals surface area contributed by atoms with E-state index >= 15 is 0 Å². The molecule has 11 rings (SSSR count). The molecule has 0 saturated carbocycles. The Balaban J connectivity index is 1.07. The van der Waals surface area contributed by atoms with Gasteiger partial charge in [-0.3, -0.25) is 4.57 Å². The number of para-hydroxylation sites is 2. The molecular formula is C51H33N5. The van der Waals surface area contributed by atoms with Gasteiger partial charge in [-0.1, -0.05) is 133 Å². The minimum absolute atomic E-state index is 0.701. The first-order chi connectivity index (χ1) is 27.8. The molecule has 0 aliphatic rings. The Morgan fingerprint density at radius 1 is 0.357 bits per heavy atom. The largest absolute Gasteiger partial charge is 0.309 e. The lowest BCUT2D eigenvalue weighted by atomic mass is 9.98. The molecule has 0 radical (unpaired) electrons. The van der Waals surface area contributed by atoms with Crippen molar-refractivity contribution in [3.63, 3.8) is 0 Å². The van der Waals surface area contributed by atoms with Crippen molar-refractivity contribution >= 4 is 43.7 Å². The first-order valence-electron chi connectivity index (χ1n) is 18.9. The average Bonchev–Trinajstić information content (AvgIpc) is 3.80. The molecule has 5 nitrogen and oxygen atoms in total. The van der Waals surface area contributed by atoms with Crippen molar-refractivity contribution in [1.29, 1.82) is 0 Å². The number of hydrogen-bond acceptors (Lipinski definition) is 3. The van der Waals surface area contributed by atoms with Crippen molar-refractivity contribution in [3.05, 3.63) is 200 Å². The third-order valence-corrected chi connectivity index (χ3v) is 10.8. The second-order valence-electron chi connectivity index (χ2n) is 14.1. The van der Waals surface area contributed by atoms with Crippen molar-refractivity contribution in [2.75, 3.05) is 0 Å². The van der Waals surface area contributed by atoms with Crippen LogP contribution in [0.15, 0.2) is 200 Å². The highest BCUT2D eigenvalue weighted by Crippen LogP contribution is 2.41. The molecule has 0 aliphatic heterocycles. The summed E-state index contributed by atoms with van der Waals surface area (Å²) in [6.45, 7) is 0. The molecule has 56 heavy (non-hydrogen) atoms. The number of nitrogens with zero attached hydrogens (tertiary/aromatic N) is 5. The van der Waals surface area contributed by atoms with Crippen LogP contribution in [0.5, 0.6) is 0 Å². The fourth-order valence-electron chi connectivity index (χ4n) is 8.24. The van der Waals surface area contributed by atoms with Gasteiger partial charge in [-0.2, -0.15) is 0 Å². The Labute approximate surface area is 323 Å². The van der Waals surface area contributed by atoms with E-state index in [1.807, 2.05) is 48.7 Å². The molecule has 0 amide bonds. The van der Waals surface area contributed by atoms with Gasteiger partial charge in [0.25, 0.3) is 0 Å². The monoisotopic (exact) mass is 715 g/mol. The topological polar surface area (TPSA) is 48.5 Å². The summed E-state index contributed by atoms with van der Waals surface area (Å²) >= 11 is 0. The van der Waals surface area contributed by atoms with Gasteiger partial charge in [0.05, 0.1) is 27.9 Å². The molecule has 0 saturated heterocycles. The fraction of sp³-hybridized carbons (Fsp3) is 0. The maximum atomic E-state index is 5.07. The molecule has 0 unspecified atom stereocenters. The van der Waals surface area contributed by atoms with E-state index in [9.17, 15) is 0 Å². The lowest BCUT2D eigenvalue weighted by Gasteiger charge is -2.12. The minimum atomic E-state index is 0.701. The molecule has 0 spiro atoms. The van der Waals surface area contributed by atoms with E-state index in [0.29, 0.717) is 5.82 Å². The molecule has 4 heterocycles. The van der Waals surface area contributed by atoms with Crippen molar-refractivity contribution in [1.82, 2.24) is 24.1 Å². The molecule has 5 heteroatoms. The summed E-state index contributed by atoms with van der Waals surface area (Å²) in [5.41, 5.74) is 13.7. The van der Waals surface area contributed by atoms with E-state index < -0.39 is 0 Å². The van der Waals surface area contributed by atoms with Gasteiger partial charge in [-0.25, -0.2) is 15.0 Å². The molecule has 262 valence electrons. The highest BCUT2D eigenvalue weighted by Gasteiger charge is 2.19. The number of rotatable bonds is 6. The number of aromatic nitrogens is 5. The number of hydrogen-bond donors (Lipinski definition) is 0. The quantitative estimate of drug-likeness (QED) is 0.172. The highest BCUT2D eigenvalue weighted by atomic mass is 15.0. The van der Waals surface area contributed by atoms with Crippen LogP contribution in [0, 0.1) is 0 Å². The van der Waals surface area contributed by atoms with Crippen LogP contribution in [-0.2, 0) is 0 Å². The minimum Gasteiger partial charge on any atom is -0.309 e. The van der Waals surface area contributed by atoms with Gasteiger partial charge in [0.15, 0.2) is 5.82 Å². The van der Waals surface area contributed by atoms with Crippen LogP contribution in [0.3, 0.4) is 0 Å². The predicted octanol–water partition coefficient (Wildman–Crippen LogP) is 12.7. The summed E-state index contributed by atoms with van der Waals surface area (Å²) in [6.07, 6.45) is 1.88. The standard InChI is InChI=1S/C51H33N5/c1-4-14-34(15-5-1)44-33-45(54-50(53-44)36-16-6-2-7-17-36)35-25-28-39(29-26-35)56-48-32-37(27-30-41(48)42-22-13-31-52-51(42)56)40-21-12-24-47-49(40)43-20-10-11-23-46(43)55(47)38-18-8-3-9-19-38/h1-33H. The SMILES string of the molecule is c1ccc(-c2cc(-c3ccc(-n4c5cc(-c6cccc7c6c6ccccc6n7-c6ccccc6)ccc5c5cccnc54)cc3)nc(-c3ccccc3)n2)cc1. The Morgan fingerprint density at radius 3 is 1.73 bits per heavy atom. The Morgan fingerprint density at radius 2 is 0.964 bits per heavy atom. The molecule has 0 aliphatic carbocycles. The third kappa shape index (κ3) is 5.21. The van der Waals surface area contributed by atoms with Gasteiger partial charge < -0.3 is 4.57 Å². The van der Waals surface area contributed by atoms with Crippen molar-refractivity contribution in [2.24, 2.45) is 0 Å². The second-order valence-corrected chi connectivity index (χ2v) is 14.1. The maximum absolute atomic E-state index is 5.07. The zero-order valence-electron chi connectivity index (χ0n) is 30.3. The summed E-state index contributed by atoms with van der Waals surface area (Å²) in [5, 5.41) is 4.75. The zero-order chi connectivity index (χ0) is 37.0. The van der Waals surface area contributed by atoms with E-state index in [0.717, 1.165) is 67.0 Å². The molecule has 0 fully saturated rings. The molecule has 7 aromatic carbocycles. The summed E-state index contributed by atoms with van der Waals surface area (Å²) in [6, 6.07) is 68.3. The van der Waals surface area contributed by atoms with Gasteiger partial charge in [0.1, 0.15) is 5.65 Å². The summed E-state index contributed by atoms with van der Waals surface area (Å²) in [5.74, 6) is 0.701. The molecule has 0 atom stereocenters. The molecule has 0 N–H and O–H groups in total. The molecule has 4 aromatic heterocycles. The van der Waals surface area contributed by atoms with Crippen LogP contribution in [0.25, 0.3) is 100 Å². The van der Waals surface area contributed by atoms with Gasteiger partial charge in [0, 0.05) is 55.8 Å². The van der Waals surface area contributed by atoms with Crippen LogP contribution in [0.4, 0.5) is 0 Å². The van der Waals surface area contributed by atoms with Crippen molar-refractivity contribution in [2.45, 2.75) is 0 Å². The Kier molecular flexibility index (Phi) is 7.42. The molecule has 11 aromatic rings. The van der Waals surface area contributed by atoms with Crippen LogP contribution >= 0.6 is 0 Å². The average molecular weight is 716 g/mol. The van der Waals surface area contributed by atoms with Crippen LogP contribution in [0.2, 0.25) is 0 Å². The van der Waals surface area contributed by atoms with Gasteiger partial charge >= 0.3 is 0 Å². The van der Waals surface area contributed by atoms with Gasteiger partial charge in [0.2, 0.25) is 0 Å². The van der Waals surface area contributed by atoms with E-state index in [2.05, 4.69) is 161 Å². The Hall–Kier alpha value is -7.63. The van der Waals surface area contributed by atoms with Gasteiger partial charge in [-0.15, -0.1) is 0 Å². The highest BCUT2D eigenvalue weighted by molar-refractivity contribution is 6.17. The fourth-order valence-corrected chi connectivity index (χ4v) is 8.24. The first-order valence-corrected chi connectivity index (χ1v) is 18.9. The van der Waals surface area contributed by atoms with E-state index in [1.54, 1.807) is 0 Å². The Bertz CT molecular complexity index is 3160. The van der Waals surface area contributed by atoms with Crippen LogP contribution in [0.1, 0.15) is 0 Å². The van der Waals surface area contributed by atoms with Crippen molar-refractivity contribution in [3.8, 4) is 56.4 Å². The van der Waals surface area contributed by atoms with E-state index in [-0.39, 0.29) is 0 Å². The lowest BCUT2D eigenvalue weighted by Crippen LogP contribution is -1.97. The molecular weight excluding hydrogens is 683 g/mol. The second kappa shape index (κ2) is 13.0. The summed E-state index contributed by atoms with van der Waals surface area (Å²) < 4.78 is 4.66. The van der Waals surface area contributed by atoms with E-state index in [4.69, 9.17) is 15.0 Å². The maximum Gasteiger partial charge on any atom is 0.160 e.